The summed E-state index contributed by atoms with van der Waals surface area (Å²) >= 11 is 3.22. The summed E-state index contributed by atoms with van der Waals surface area (Å²) in [5.41, 5.74) is 1.04. The fourth-order valence-electron chi connectivity index (χ4n) is 2.39. The van der Waals surface area contributed by atoms with Crippen LogP contribution in [0.3, 0.4) is 0 Å². The lowest BCUT2D eigenvalue weighted by Gasteiger charge is -2.14. The SMILES string of the molecule is O=C(NCC1(C2CC2)CC1)c1ccoc1Br. The Kier molecular flexibility index (Phi) is 2.35. The van der Waals surface area contributed by atoms with Gasteiger partial charge in [0.15, 0.2) is 4.67 Å². The van der Waals surface area contributed by atoms with Gasteiger partial charge in [0.05, 0.1) is 11.8 Å². The highest BCUT2D eigenvalue weighted by molar-refractivity contribution is 9.10. The van der Waals surface area contributed by atoms with Crippen molar-refractivity contribution in [3.63, 3.8) is 0 Å². The van der Waals surface area contributed by atoms with Gasteiger partial charge in [-0.05, 0) is 59.0 Å². The van der Waals surface area contributed by atoms with Crippen LogP contribution in [0, 0.1) is 11.3 Å². The lowest BCUT2D eigenvalue weighted by molar-refractivity contribution is 0.0941. The van der Waals surface area contributed by atoms with Crippen LogP contribution in [0.5, 0.6) is 0 Å². The van der Waals surface area contributed by atoms with Crippen molar-refractivity contribution in [2.75, 3.05) is 6.54 Å². The molecule has 1 aromatic heterocycles. The molecule has 0 bridgehead atoms. The van der Waals surface area contributed by atoms with Gasteiger partial charge >= 0.3 is 0 Å². The largest absolute Gasteiger partial charge is 0.457 e. The van der Waals surface area contributed by atoms with E-state index in [0.717, 1.165) is 12.5 Å². The number of rotatable bonds is 4. The molecule has 1 amide bonds. The summed E-state index contributed by atoms with van der Waals surface area (Å²) in [5, 5.41) is 3.02. The number of carbonyl (C=O) groups is 1. The van der Waals surface area contributed by atoms with E-state index in [1.54, 1.807) is 6.07 Å². The van der Waals surface area contributed by atoms with Crippen LogP contribution in [0.1, 0.15) is 36.0 Å². The summed E-state index contributed by atoms with van der Waals surface area (Å²) < 4.78 is 5.56. The second kappa shape index (κ2) is 3.62. The summed E-state index contributed by atoms with van der Waals surface area (Å²) in [6.07, 6.45) is 6.79. The molecule has 0 atom stereocenters. The van der Waals surface area contributed by atoms with Gasteiger partial charge in [-0.3, -0.25) is 4.79 Å². The third-order valence-electron chi connectivity index (χ3n) is 3.80. The van der Waals surface area contributed by atoms with E-state index in [1.165, 1.54) is 31.9 Å². The maximum Gasteiger partial charge on any atom is 0.255 e. The third kappa shape index (κ3) is 1.79. The Labute approximate surface area is 103 Å². The number of nitrogens with one attached hydrogen (secondary N) is 1. The molecule has 2 aliphatic carbocycles. The van der Waals surface area contributed by atoms with Gasteiger partial charge in [0.25, 0.3) is 5.91 Å². The molecule has 0 unspecified atom stereocenters. The van der Waals surface area contributed by atoms with Crippen LogP contribution in [0.25, 0.3) is 0 Å². The molecule has 2 saturated carbocycles. The van der Waals surface area contributed by atoms with E-state index in [9.17, 15) is 4.79 Å². The lowest BCUT2D eigenvalue weighted by Crippen LogP contribution is -2.31. The zero-order valence-corrected chi connectivity index (χ0v) is 10.5. The van der Waals surface area contributed by atoms with Gasteiger partial charge in [-0.15, -0.1) is 0 Å². The molecule has 16 heavy (non-hydrogen) atoms. The van der Waals surface area contributed by atoms with E-state index in [1.807, 2.05) is 0 Å². The molecule has 2 fully saturated rings. The maximum atomic E-state index is 11.8. The van der Waals surface area contributed by atoms with E-state index in [4.69, 9.17) is 4.42 Å². The van der Waals surface area contributed by atoms with E-state index >= 15 is 0 Å². The highest BCUT2D eigenvalue weighted by Gasteiger charge is 2.53. The average molecular weight is 284 g/mol. The predicted octanol–water partition coefficient (Wildman–Crippen LogP) is 2.96. The van der Waals surface area contributed by atoms with Crippen LogP contribution >= 0.6 is 15.9 Å². The molecule has 4 heteroatoms. The van der Waals surface area contributed by atoms with E-state index in [2.05, 4.69) is 21.2 Å². The van der Waals surface area contributed by atoms with Crippen LogP contribution in [0.4, 0.5) is 0 Å². The standard InChI is InChI=1S/C12H14BrNO2/c13-10-9(3-6-16-10)11(15)14-7-12(4-5-12)8-1-2-8/h3,6,8H,1-2,4-5,7H2,(H,14,15). The Morgan fingerprint density at radius 2 is 2.31 bits per heavy atom. The topological polar surface area (TPSA) is 42.2 Å². The molecule has 0 aromatic carbocycles. The fourth-order valence-corrected chi connectivity index (χ4v) is 2.81. The van der Waals surface area contributed by atoms with Gasteiger partial charge in [-0.2, -0.15) is 0 Å². The first kappa shape index (κ1) is 10.4. The molecular formula is C12H14BrNO2. The van der Waals surface area contributed by atoms with Crippen molar-refractivity contribution in [1.82, 2.24) is 5.32 Å². The van der Waals surface area contributed by atoms with Crippen molar-refractivity contribution in [2.24, 2.45) is 11.3 Å². The second-order valence-corrected chi connectivity index (χ2v) is 5.65. The Morgan fingerprint density at radius 3 is 2.81 bits per heavy atom. The van der Waals surface area contributed by atoms with Crippen LogP contribution < -0.4 is 5.32 Å². The van der Waals surface area contributed by atoms with Gasteiger partial charge in [0.2, 0.25) is 0 Å². The minimum Gasteiger partial charge on any atom is -0.457 e. The van der Waals surface area contributed by atoms with Crippen molar-refractivity contribution < 1.29 is 9.21 Å². The van der Waals surface area contributed by atoms with Crippen molar-refractivity contribution in [1.29, 1.82) is 0 Å². The molecule has 0 aliphatic heterocycles. The number of hydrogen-bond donors (Lipinski definition) is 1. The van der Waals surface area contributed by atoms with Gasteiger partial charge < -0.3 is 9.73 Å². The fraction of sp³-hybridized carbons (Fsp3) is 0.583. The second-order valence-electron chi connectivity index (χ2n) is 4.93. The Balaban J connectivity index is 1.59. The zero-order chi connectivity index (χ0) is 11.2. The maximum absolute atomic E-state index is 11.8. The molecule has 1 heterocycles. The summed E-state index contributed by atoms with van der Waals surface area (Å²) in [4.78, 5) is 11.8. The molecule has 3 rings (SSSR count). The Bertz CT molecular complexity index is 418. The molecule has 0 radical (unpaired) electrons. The van der Waals surface area contributed by atoms with Gasteiger partial charge in [0, 0.05) is 6.54 Å². The average Bonchev–Trinajstić information content (AvgIpc) is 3.14. The molecule has 1 N–H and O–H groups in total. The van der Waals surface area contributed by atoms with Crippen molar-refractivity contribution >= 4 is 21.8 Å². The summed E-state index contributed by atoms with van der Waals surface area (Å²) in [6.45, 7) is 0.827. The summed E-state index contributed by atoms with van der Waals surface area (Å²) in [5.74, 6) is 0.841. The minimum atomic E-state index is -0.0347. The van der Waals surface area contributed by atoms with E-state index < -0.39 is 0 Å². The first-order chi connectivity index (χ1) is 7.71. The van der Waals surface area contributed by atoms with Crippen molar-refractivity contribution in [3.05, 3.63) is 22.6 Å². The molecule has 86 valence electrons. The minimum absolute atomic E-state index is 0.0347. The molecule has 2 aliphatic rings. The lowest BCUT2D eigenvalue weighted by atomic mass is 10.0. The van der Waals surface area contributed by atoms with Crippen LogP contribution in [-0.4, -0.2) is 12.5 Å². The smallest absolute Gasteiger partial charge is 0.255 e. The van der Waals surface area contributed by atoms with Crippen LogP contribution in [0.2, 0.25) is 0 Å². The highest BCUT2D eigenvalue weighted by Crippen LogP contribution is 2.60. The van der Waals surface area contributed by atoms with Gasteiger partial charge in [-0.25, -0.2) is 0 Å². The van der Waals surface area contributed by atoms with Crippen LogP contribution in [0.15, 0.2) is 21.4 Å². The number of halogens is 1. The van der Waals surface area contributed by atoms with Gasteiger partial charge in [-0.1, -0.05) is 0 Å². The monoisotopic (exact) mass is 283 g/mol. The quantitative estimate of drug-likeness (QED) is 0.923. The Hall–Kier alpha value is -0.770. The van der Waals surface area contributed by atoms with Crippen molar-refractivity contribution in [3.8, 4) is 0 Å². The molecule has 0 saturated heterocycles. The molecule has 1 aromatic rings. The number of furan rings is 1. The van der Waals surface area contributed by atoms with E-state index in [0.29, 0.717) is 15.6 Å². The number of hydrogen-bond acceptors (Lipinski definition) is 2. The number of carbonyl (C=O) groups excluding carboxylic acids is 1. The summed E-state index contributed by atoms with van der Waals surface area (Å²) in [7, 11) is 0. The predicted molar refractivity (Wildman–Crippen MR) is 63.1 cm³/mol. The summed E-state index contributed by atoms with van der Waals surface area (Å²) in [6, 6.07) is 1.69. The molecule has 3 nitrogen and oxygen atoms in total. The van der Waals surface area contributed by atoms with E-state index in [-0.39, 0.29) is 5.91 Å². The number of amides is 1. The molecule has 0 spiro atoms. The normalized spacial score (nSPS) is 21.8. The molecular weight excluding hydrogens is 270 g/mol. The zero-order valence-electron chi connectivity index (χ0n) is 8.96. The van der Waals surface area contributed by atoms with Crippen LogP contribution in [-0.2, 0) is 0 Å². The Morgan fingerprint density at radius 1 is 1.56 bits per heavy atom. The first-order valence-electron chi connectivity index (χ1n) is 5.72. The highest BCUT2D eigenvalue weighted by atomic mass is 79.9. The third-order valence-corrected chi connectivity index (χ3v) is 4.41. The van der Waals surface area contributed by atoms with Gasteiger partial charge in [0.1, 0.15) is 0 Å². The first-order valence-corrected chi connectivity index (χ1v) is 6.52. The van der Waals surface area contributed by atoms with Crippen molar-refractivity contribution in [2.45, 2.75) is 25.7 Å².